The Balaban J connectivity index is 2.19. The lowest BCUT2D eigenvalue weighted by Crippen LogP contribution is -2.33. The summed E-state index contributed by atoms with van der Waals surface area (Å²) in [6, 6.07) is 4.47. The van der Waals surface area contributed by atoms with Crippen molar-refractivity contribution in [3.8, 4) is 0 Å². The van der Waals surface area contributed by atoms with Gasteiger partial charge in [0.2, 0.25) is 0 Å². The van der Waals surface area contributed by atoms with E-state index in [9.17, 15) is 0 Å². The minimum absolute atomic E-state index is 0.536. The minimum Gasteiger partial charge on any atom is -0.358 e. The lowest BCUT2D eigenvalue weighted by atomic mass is 9.86. The molecule has 1 aliphatic carbocycles. The molecule has 4 heteroatoms. The third-order valence-corrected chi connectivity index (χ3v) is 3.70. The number of nitrogens with one attached hydrogen (secondary N) is 2. The molecule has 0 saturated heterocycles. The summed E-state index contributed by atoms with van der Waals surface area (Å²) in [7, 11) is 0. The van der Waals surface area contributed by atoms with Crippen LogP contribution in [0.5, 0.6) is 0 Å². The maximum Gasteiger partial charge on any atom is 0.187 e. The molecule has 0 saturated carbocycles. The number of nitrogens with zero attached hydrogens (tertiary/aromatic N) is 1. The number of benzene rings is 1. The van der Waals surface area contributed by atoms with Gasteiger partial charge in [0.25, 0.3) is 0 Å². The molecule has 0 heterocycles. The maximum absolute atomic E-state index is 5.16. The zero-order chi connectivity index (χ0) is 14.5. The van der Waals surface area contributed by atoms with Crippen molar-refractivity contribution in [3.05, 3.63) is 47.0 Å². The second-order valence-electron chi connectivity index (χ2n) is 5.13. The molecule has 0 unspecified atom stereocenters. The van der Waals surface area contributed by atoms with Crippen LogP contribution < -0.4 is 10.7 Å². The van der Waals surface area contributed by atoms with E-state index < -0.39 is 0 Å². The van der Waals surface area contributed by atoms with Crippen LogP contribution in [0.4, 0.5) is 0 Å². The van der Waals surface area contributed by atoms with Crippen molar-refractivity contribution in [3.63, 3.8) is 0 Å². The van der Waals surface area contributed by atoms with Gasteiger partial charge in [0, 0.05) is 12.1 Å². The Bertz CT molecular complexity index is 561. The predicted octanol–water partition coefficient (Wildman–Crippen LogP) is 2.99. The van der Waals surface area contributed by atoms with Gasteiger partial charge in [-0.25, -0.2) is 0 Å². The first-order valence-electron chi connectivity index (χ1n) is 6.93. The second kappa shape index (κ2) is 6.66. The highest BCUT2D eigenvalue weighted by Gasteiger charge is 2.17. The molecule has 1 aromatic rings. The van der Waals surface area contributed by atoms with Crippen LogP contribution in [0.1, 0.15) is 35.1 Å². The largest absolute Gasteiger partial charge is 0.358 e. The van der Waals surface area contributed by atoms with Crippen LogP contribution in [0.2, 0.25) is 0 Å². The van der Waals surface area contributed by atoms with Gasteiger partial charge in [-0.15, -0.1) is 6.58 Å². The van der Waals surface area contributed by atoms with Crippen LogP contribution in [0, 0.1) is 13.8 Å². The molecule has 0 fully saturated rings. The van der Waals surface area contributed by atoms with Crippen LogP contribution >= 0.6 is 12.2 Å². The molecule has 0 atom stereocenters. The first-order valence-corrected chi connectivity index (χ1v) is 7.34. The van der Waals surface area contributed by atoms with Crippen molar-refractivity contribution in [2.24, 2.45) is 5.10 Å². The standard InChI is InChI=1S/C16H21N3S/c1-4-8-17-16(20)19-18-15-7-5-6-13-12(3)9-11(2)10-14(13)15/h4,9-10H,1,5-8H2,2-3H3,(H2,17,19,20)/b18-15+. The monoisotopic (exact) mass is 287 g/mol. The van der Waals surface area contributed by atoms with Gasteiger partial charge >= 0.3 is 0 Å². The van der Waals surface area contributed by atoms with Crippen molar-refractivity contribution < 1.29 is 0 Å². The van der Waals surface area contributed by atoms with Crippen molar-refractivity contribution in [2.45, 2.75) is 33.1 Å². The predicted molar refractivity (Wildman–Crippen MR) is 89.3 cm³/mol. The summed E-state index contributed by atoms with van der Waals surface area (Å²) in [5.41, 5.74) is 9.36. The Kier molecular flexibility index (Phi) is 4.90. The van der Waals surface area contributed by atoms with Crippen LogP contribution in [-0.2, 0) is 6.42 Å². The van der Waals surface area contributed by atoms with E-state index in [-0.39, 0.29) is 0 Å². The van der Waals surface area contributed by atoms with Crippen LogP contribution in [0.25, 0.3) is 0 Å². The van der Waals surface area contributed by atoms with Crippen LogP contribution in [0.3, 0.4) is 0 Å². The van der Waals surface area contributed by atoms with Crippen molar-refractivity contribution in [1.29, 1.82) is 0 Å². The zero-order valence-electron chi connectivity index (χ0n) is 12.1. The van der Waals surface area contributed by atoms with Crippen LogP contribution in [-0.4, -0.2) is 17.4 Å². The van der Waals surface area contributed by atoms with Gasteiger partial charge < -0.3 is 5.32 Å². The fourth-order valence-electron chi connectivity index (χ4n) is 2.59. The van der Waals surface area contributed by atoms with Gasteiger partial charge in [0.05, 0.1) is 5.71 Å². The van der Waals surface area contributed by atoms with E-state index in [2.05, 4.69) is 48.4 Å². The molecule has 0 aromatic heterocycles. The quantitative estimate of drug-likeness (QED) is 0.510. The normalized spacial score (nSPS) is 15.6. The molecule has 0 spiro atoms. The SMILES string of the molecule is C=CCNC(=S)N/N=C1\CCCc2c(C)cc(C)cc21. The molecular formula is C16H21N3S. The van der Waals surface area contributed by atoms with Crippen molar-refractivity contribution in [1.82, 2.24) is 10.7 Å². The van der Waals surface area contributed by atoms with E-state index in [0.717, 1.165) is 25.0 Å². The molecule has 106 valence electrons. The fourth-order valence-corrected chi connectivity index (χ4v) is 2.72. The molecule has 20 heavy (non-hydrogen) atoms. The molecule has 0 bridgehead atoms. The summed E-state index contributed by atoms with van der Waals surface area (Å²) in [5, 5.41) is 8.04. The summed E-state index contributed by atoms with van der Waals surface area (Å²) in [5.74, 6) is 0. The van der Waals surface area contributed by atoms with E-state index in [1.165, 1.54) is 22.3 Å². The summed E-state index contributed by atoms with van der Waals surface area (Å²) in [6.07, 6.45) is 5.04. The highest BCUT2D eigenvalue weighted by Crippen LogP contribution is 2.26. The first kappa shape index (κ1) is 14.7. The molecule has 2 rings (SSSR count). The van der Waals surface area contributed by atoms with E-state index in [1.807, 2.05) is 0 Å². The summed E-state index contributed by atoms with van der Waals surface area (Å²) < 4.78 is 0. The topological polar surface area (TPSA) is 36.4 Å². The number of fused-ring (bicyclic) bond motifs is 1. The van der Waals surface area contributed by atoms with Crippen molar-refractivity contribution >= 4 is 23.0 Å². The summed E-state index contributed by atoms with van der Waals surface area (Å²) in [6.45, 7) is 8.60. The molecule has 0 aliphatic heterocycles. The molecule has 1 aliphatic rings. The number of rotatable bonds is 3. The Morgan fingerprint density at radius 2 is 2.20 bits per heavy atom. The maximum atomic E-state index is 5.16. The average Bonchev–Trinajstić information content (AvgIpc) is 2.43. The highest BCUT2D eigenvalue weighted by atomic mass is 32.1. The smallest absolute Gasteiger partial charge is 0.187 e. The Morgan fingerprint density at radius 3 is 2.95 bits per heavy atom. The highest BCUT2D eigenvalue weighted by molar-refractivity contribution is 7.80. The first-order chi connectivity index (χ1) is 9.61. The van der Waals surface area contributed by atoms with Gasteiger partial charge in [-0.2, -0.15) is 5.10 Å². The van der Waals surface area contributed by atoms with E-state index >= 15 is 0 Å². The third-order valence-electron chi connectivity index (χ3n) is 3.47. The van der Waals surface area contributed by atoms with Gasteiger partial charge in [0.15, 0.2) is 5.11 Å². The number of thiocarbonyl (C=S) groups is 1. The zero-order valence-corrected chi connectivity index (χ0v) is 12.9. The molecule has 2 N–H and O–H groups in total. The molecule has 1 aromatic carbocycles. The number of hydrogen-bond acceptors (Lipinski definition) is 2. The van der Waals surface area contributed by atoms with Gasteiger partial charge in [-0.3, -0.25) is 5.43 Å². The lowest BCUT2D eigenvalue weighted by Gasteiger charge is -2.21. The Labute approximate surface area is 126 Å². The Hall–Kier alpha value is -1.68. The van der Waals surface area contributed by atoms with Gasteiger partial charge in [-0.05, 0) is 62.5 Å². The van der Waals surface area contributed by atoms with E-state index in [4.69, 9.17) is 12.2 Å². The summed E-state index contributed by atoms with van der Waals surface area (Å²) in [4.78, 5) is 0. The fraction of sp³-hybridized carbons (Fsp3) is 0.375. The minimum atomic E-state index is 0.536. The van der Waals surface area contributed by atoms with Gasteiger partial charge in [0.1, 0.15) is 0 Å². The number of hydrazone groups is 1. The lowest BCUT2D eigenvalue weighted by molar-refractivity contribution is 0.818. The number of hydrogen-bond donors (Lipinski definition) is 2. The molecule has 0 amide bonds. The van der Waals surface area contributed by atoms with Gasteiger partial charge in [-0.1, -0.05) is 17.7 Å². The Morgan fingerprint density at radius 1 is 1.40 bits per heavy atom. The molecular weight excluding hydrogens is 266 g/mol. The second-order valence-corrected chi connectivity index (χ2v) is 5.54. The molecule has 3 nitrogen and oxygen atoms in total. The third kappa shape index (κ3) is 3.45. The van der Waals surface area contributed by atoms with E-state index in [1.54, 1.807) is 6.08 Å². The number of aryl methyl sites for hydroxylation is 2. The van der Waals surface area contributed by atoms with E-state index in [0.29, 0.717) is 11.7 Å². The average molecular weight is 287 g/mol. The summed E-state index contributed by atoms with van der Waals surface area (Å²) >= 11 is 5.16. The molecule has 0 radical (unpaired) electrons. The van der Waals surface area contributed by atoms with Crippen LogP contribution in [0.15, 0.2) is 29.9 Å². The van der Waals surface area contributed by atoms with Crippen molar-refractivity contribution in [2.75, 3.05) is 6.54 Å².